The smallest absolute Gasteiger partial charge is 0.246 e. The Balaban J connectivity index is 1.25. The van der Waals surface area contributed by atoms with Gasteiger partial charge in [-0.3, -0.25) is 14.4 Å². The van der Waals surface area contributed by atoms with E-state index >= 15 is 0 Å². The van der Waals surface area contributed by atoms with Crippen molar-refractivity contribution in [2.24, 2.45) is 5.92 Å². The fraction of sp³-hybridized carbons (Fsp3) is 0.690. The number of rotatable bonds is 11. The summed E-state index contributed by atoms with van der Waals surface area (Å²) in [6.07, 6.45) is 9.82. The van der Waals surface area contributed by atoms with Gasteiger partial charge in [0.1, 0.15) is 11.6 Å². The van der Waals surface area contributed by atoms with Gasteiger partial charge in [0, 0.05) is 38.6 Å². The highest BCUT2D eigenvalue weighted by Crippen LogP contribution is 2.34. The Hall–Kier alpha value is -2.41. The van der Waals surface area contributed by atoms with Gasteiger partial charge >= 0.3 is 0 Å². The summed E-state index contributed by atoms with van der Waals surface area (Å²) in [7, 11) is 0. The number of piperidine rings is 1. The number of amides is 3. The minimum absolute atomic E-state index is 0.0257. The summed E-state index contributed by atoms with van der Waals surface area (Å²) in [6, 6.07) is 10.1. The molecule has 0 aromatic heterocycles. The third-order valence-corrected chi connectivity index (χ3v) is 8.44. The van der Waals surface area contributed by atoms with Gasteiger partial charge in [-0.1, -0.05) is 50.1 Å². The van der Waals surface area contributed by atoms with Crippen LogP contribution >= 0.6 is 0 Å². The van der Waals surface area contributed by atoms with Crippen LogP contribution in [0.25, 0.3) is 0 Å². The summed E-state index contributed by atoms with van der Waals surface area (Å²) < 4.78 is 0. The number of nitrogens with zero attached hydrogens (tertiary/aromatic N) is 2. The molecule has 1 aromatic carbocycles. The van der Waals surface area contributed by atoms with Gasteiger partial charge in [0.25, 0.3) is 0 Å². The standard InChI is InChI=1S/C29H44N4O3/c1-2-19-33-27(35)25(14-8-9-18-30-26(34)24-12-6-7-13-24)31-28(36)29(33)16-21-32(22-17-29)20-15-23-10-4-3-5-11-23/h3-5,10-11,24-25H,2,6-9,12-22H2,1H3,(H,30,34)(H,31,36)/t25-/m0/s1. The van der Waals surface area contributed by atoms with Crippen molar-refractivity contribution in [3.05, 3.63) is 35.9 Å². The maximum absolute atomic E-state index is 13.5. The normalized spacial score (nSPS) is 22.7. The van der Waals surface area contributed by atoms with Gasteiger partial charge in [0.15, 0.2) is 0 Å². The Bertz CT molecular complexity index is 876. The summed E-state index contributed by atoms with van der Waals surface area (Å²) in [5.74, 6) is 0.468. The first-order valence-corrected chi connectivity index (χ1v) is 14.2. The van der Waals surface area contributed by atoms with Crippen LogP contribution in [-0.2, 0) is 20.8 Å². The summed E-state index contributed by atoms with van der Waals surface area (Å²) in [5.41, 5.74) is 0.624. The van der Waals surface area contributed by atoms with Crippen LogP contribution in [0.1, 0.15) is 76.7 Å². The van der Waals surface area contributed by atoms with E-state index in [9.17, 15) is 14.4 Å². The van der Waals surface area contributed by atoms with Gasteiger partial charge in [-0.25, -0.2) is 0 Å². The molecule has 1 aromatic rings. The molecule has 2 saturated heterocycles. The maximum Gasteiger partial charge on any atom is 0.246 e. The second-order valence-corrected chi connectivity index (χ2v) is 10.9. The highest BCUT2D eigenvalue weighted by atomic mass is 16.2. The molecule has 3 aliphatic rings. The Kier molecular flexibility index (Phi) is 9.41. The van der Waals surface area contributed by atoms with Crippen molar-refractivity contribution < 1.29 is 14.4 Å². The summed E-state index contributed by atoms with van der Waals surface area (Å²) >= 11 is 0. The minimum atomic E-state index is -0.706. The SMILES string of the molecule is CCCN1C(=O)[C@H](CCCCNC(=O)C2CCCC2)NC(=O)C12CCN(CCc1ccccc1)CC2. The van der Waals surface area contributed by atoms with Crippen LogP contribution < -0.4 is 10.6 Å². The fourth-order valence-electron chi connectivity index (χ4n) is 6.21. The fourth-order valence-corrected chi connectivity index (χ4v) is 6.21. The number of unbranched alkanes of at least 4 members (excludes halogenated alkanes) is 1. The van der Waals surface area contributed by atoms with E-state index in [4.69, 9.17) is 0 Å². The first-order chi connectivity index (χ1) is 17.5. The first-order valence-electron chi connectivity index (χ1n) is 14.2. The van der Waals surface area contributed by atoms with Crippen LogP contribution in [0.5, 0.6) is 0 Å². The van der Waals surface area contributed by atoms with Crippen molar-refractivity contribution in [1.29, 1.82) is 0 Å². The number of carbonyl (C=O) groups is 3. The Morgan fingerprint density at radius 2 is 1.78 bits per heavy atom. The van der Waals surface area contributed by atoms with Crippen molar-refractivity contribution in [2.75, 3.05) is 32.7 Å². The van der Waals surface area contributed by atoms with Crippen LogP contribution in [0.2, 0.25) is 0 Å². The lowest BCUT2D eigenvalue weighted by Gasteiger charge is -2.51. The number of nitrogens with one attached hydrogen (secondary N) is 2. The molecule has 2 aliphatic heterocycles. The molecular weight excluding hydrogens is 452 g/mol. The molecule has 3 fully saturated rings. The number of piperazine rings is 1. The van der Waals surface area contributed by atoms with E-state index < -0.39 is 11.6 Å². The second kappa shape index (κ2) is 12.7. The molecule has 36 heavy (non-hydrogen) atoms. The van der Waals surface area contributed by atoms with Crippen LogP contribution in [0.15, 0.2) is 30.3 Å². The predicted molar refractivity (Wildman–Crippen MR) is 141 cm³/mol. The van der Waals surface area contributed by atoms with E-state index in [1.54, 1.807) is 0 Å². The zero-order valence-corrected chi connectivity index (χ0v) is 22.0. The molecule has 2 N–H and O–H groups in total. The van der Waals surface area contributed by atoms with Crippen LogP contribution in [0.3, 0.4) is 0 Å². The highest BCUT2D eigenvalue weighted by molar-refractivity contribution is 6.00. The third-order valence-electron chi connectivity index (χ3n) is 8.44. The Labute approximate surface area is 216 Å². The summed E-state index contributed by atoms with van der Waals surface area (Å²) in [6.45, 7) is 5.99. The largest absolute Gasteiger partial charge is 0.356 e. The summed E-state index contributed by atoms with van der Waals surface area (Å²) in [5, 5.41) is 6.15. The molecule has 1 atom stereocenters. The molecular formula is C29H44N4O3. The average molecular weight is 497 g/mol. The van der Waals surface area contributed by atoms with Crippen molar-refractivity contribution in [2.45, 2.75) is 89.1 Å². The van der Waals surface area contributed by atoms with Gasteiger partial charge in [-0.05, 0) is 63.4 Å². The predicted octanol–water partition coefficient (Wildman–Crippen LogP) is 3.28. The molecule has 0 radical (unpaired) electrons. The summed E-state index contributed by atoms with van der Waals surface area (Å²) in [4.78, 5) is 43.5. The lowest BCUT2D eigenvalue weighted by Crippen LogP contribution is -2.72. The lowest BCUT2D eigenvalue weighted by molar-refractivity contribution is -0.161. The minimum Gasteiger partial charge on any atom is -0.356 e. The monoisotopic (exact) mass is 496 g/mol. The molecule has 3 amide bonds. The van der Waals surface area contributed by atoms with Crippen LogP contribution in [0, 0.1) is 5.92 Å². The van der Waals surface area contributed by atoms with E-state index in [1.807, 2.05) is 11.0 Å². The first kappa shape index (κ1) is 26.6. The van der Waals surface area contributed by atoms with Crippen molar-refractivity contribution >= 4 is 17.7 Å². The highest BCUT2D eigenvalue weighted by Gasteiger charge is 2.52. The van der Waals surface area contributed by atoms with Crippen molar-refractivity contribution in [3.63, 3.8) is 0 Å². The zero-order valence-electron chi connectivity index (χ0n) is 22.0. The lowest BCUT2D eigenvalue weighted by atomic mass is 9.81. The molecule has 1 saturated carbocycles. The van der Waals surface area contributed by atoms with Crippen molar-refractivity contribution in [1.82, 2.24) is 20.4 Å². The van der Waals surface area contributed by atoms with E-state index in [0.29, 0.717) is 32.4 Å². The second-order valence-electron chi connectivity index (χ2n) is 10.9. The molecule has 198 valence electrons. The Morgan fingerprint density at radius 1 is 1.06 bits per heavy atom. The number of likely N-dealkylation sites (tertiary alicyclic amines) is 1. The third kappa shape index (κ3) is 6.28. The Morgan fingerprint density at radius 3 is 2.47 bits per heavy atom. The van der Waals surface area contributed by atoms with Gasteiger partial charge in [-0.2, -0.15) is 0 Å². The molecule has 1 aliphatic carbocycles. The van der Waals surface area contributed by atoms with Crippen LogP contribution in [-0.4, -0.2) is 71.8 Å². The quantitative estimate of drug-likeness (QED) is 0.461. The maximum atomic E-state index is 13.5. The number of hydrogen-bond donors (Lipinski definition) is 2. The molecule has 2 heterocycles. The van der Waals surface area contributed by atoms with E-state index in [-0.39, 0.29) is 23.6 Å². The van der Waals surface area contributed by atoms with E-state index in [1.165, 1.54) is 5.56 Å². The van der Waals surface area contributed by atoms with Crippen molar-refractivity contribution in [3.8, 4) is 0 Å². The van der Waals surface area contributed by atoms with Gasteiger partial charge < -0.3 is 20.4 Å². The van der Waals surface area contributed by atoms with E-state index in [2.05, 4.69) is 46.7 Å². The van der Waals surface area contributed by atoms with E-state index in [0.717, 1.165) is 71.0 Å². The molecule has 7 nitrogen and oxygen atoms in total. The average Bonchev–Trinajstić information content (AvgIpc) is 3.45. The molecule has 0 unspecified atom stereocenters. The van der Waals surface area contributed by atoms with Gasteiger partial charge in [0.2, 0.25) is 17.7 Å². The molecule has 7 heteroatoms. The number of hydrogen-bond acceptors (Lipinski definition) is 4. The molecule has 0 bridgehead atoms. The number of carbonyl (C=O) groups excluding carboxylic acids is 3. The topological polar surface area (TPSA) is 81.8 Å². The van der Waals surface area contributed by atoms with Gasteiger partial charge in [0.05, 0.1) is 0 Å². The van der Waals surface area contributed by atoms with Gasteiger partial charge in [-0.15, -0.1) is 0 Å². The number of benzene rings is 1. The zero-order chi connectivity index (χ0) is 25.4. The molecule has 4 rings (SSSR count). The van der Waals surface area contributed by atoms with Crippen LogP contribution in [0.4, 0.5) is 0 Å². The molecule has 1 spiro atoms.